The van der Waals surface area contributed by atoms with Crippen molar-refractivity contribution in [3.63, 3.8) is 0 Å². The lowest BCUT2D eigenvalue weighted by atomic mass is 9.92. The van der Waals surface area contributed by atoms with Crippen LogP contribution < -0.4 is 0 Å². The Morgan fingerprint density at radius 2 is 2.08 bits per heavy atom. The summed E-state index contributed by atoms with van der Waals surface area (Å²) in [4.78, 5) is 22.7. The number of carboxylic acid groups (broad SMARTS) is 1. The largest absolute Gasteiger partial charge is 0.481 e. The highest BCUT2D eigenvalue weighted by Gasteiger charge is 2.38. The van der Waals surface area contributed by atoms with E-state index in [-0.39, 0.29) is 41.8 Å². The number of piperidine rings is 1. The van der Waals surface area contributed by atoms with Crippen LogP contribution in [0.4, 0.5) is 0 Å². The molecule has 2 rings (SSSR count). The van der Waals surface area contributed by atoms with E-state index in [4.69, 9.17) is 4.42 Å². The average Bonchev–Trinajstić information content (AvgIpc) is 2.98. The summed E-state index contributed by atoms with van der Waals surface area (Å²) in [5.41, 5.74) is 0. The third kappa shape index (κ3) is 3.46. The van der Waals surface area contributed by atoms with E-state index in [1.807, 2.05) is 6.92 Å². The molecule has 1 aliphatic rings. The van der Waals surface area contributed by atoms with E-state index in [0.717, 1.165) is 10.4 Å². The Morgan fingerprint density at radius 3 is 2.62 bits per heavy atom. The second-order valence-corrected chi connectivity index (χ2v) is 7.85. The number of sulfonamides is 1. The summed E-state index contributed by atoms with van der Waals surface area (Å²) < 4.78 is 36.9. The number of methoxy groups -OCH3 is 1. The van der Waals surface area contributed by atoms with Gasteiger partial charge in [0.25, 0.3) is 0 Å². The van der Waals surface area contributed by atoms with Gasteiger partial charge in [0, 0.05) is 25.6 Å². The van der Waals surface area contributed by atoms with Gasteiger partial charge in [-0.05, 0) is 12.3 Å². The maximum absolute atomic E-state index is 12.9. The molecule has 0 aromatic carbocycles. The molecule has 1 aromatic rings. The molecule has 8 nitrogen and oxygen atoms in total. The van der Waals surface area contributed by atoms with Crippen molar-refractivity contribution in [2.75, 3.05) is 20.2 Å². The first-order chi connectivity index (χ1) is 11.2. The second kappa shape index (κ2) is 6.94. The SMILES string of the molecule is CCc1oc(C(=O)OC)cc1S(=O)(=O)N1CC(C)CC(C(=O)O)C1. The number of furan rings is 1. The van der Waals surface area contributed by atoms with E-state index in [2.05, 4.69) is 4.74 Å². The van der Waals surface area contributed by atoms with Crippen LogP contribution in [-0.4, -0.2) is 50.0 Å². The molecule has 1 aromatic heterocycles. The topological polar surface area (TPSA) is 114 Å². The fourth-order valence-corrected chi connectivity index (χ4v) is 4.73. The van der Waals surface area contributed by atoms with Crippen LogP contribution in [0, 0.1) is 11.8 Å². The Bertz CT molecular complexity index is 737. The van der Waals surface area contributed by atoms with E-state index in [1.54, 1.807) is 6.92 Å². The van der Waals surface area contributed by atoms with Crippen molar-refractivity contribution < 1.29 is 32.3 Å². The number of hydrogen-bond acceptors (Lipinski definition) is 6. The smallest absolute Gasteiger partial charge is 0.373 e. The summed E-state index contributed by atoms with van der Waals surface area (Å²) in [5, 5.41) is 9.22. The minimum atomic E-state index is -3.96. The quantitative estimate of drug-likeness (QED) is 0.789. The fraction of sp³-hybridized carbons (Fsp3) is 0.600. The Labute approximate surface area is 140 Å². The summed E-state index contributed by atoms with van der Waals surface area (Å²) >= 11 is 0. The highest BCUT2D eigenvalue weighted by molar-refractivity contribution is 7.89. The minimum Gasteiger partial charge on any atom is -0.481 e. The van der Waals surface area contributed by atoms with E-state index >= 15 is 0 Å². The molecule has 2 atom stereocenters. The van der Waals surface area contributed by atoms with Gasteiger partial charge in [-0.2, -0.15) is 4.31 Å². The number of carboxylic acids is 1. The predicted octanol–water partition coefficient (Wildman–Crippen LogP) is 1.36. The van der Waals surface area contributed by atoms with Crippen LogP contribution in [0.5, 0.6) is 0 Å². The van der Waals surface area contributed by atoms with Gasteiger partial charge >= 0.3 is 11.9 Å². The molecule has 0 spiro atoms. The third-order valence-electron chi connectivity index (χ3n) is 4.07. The Morgan fingerprint density at radius 1 is 1.42 bits per heavy atom. The summed E-state index contributed by atoms with van der Waals surface area (Å²) in [6.45, 7) is 3.66. The molecule has 0 radical (unpaired) electrons. The first-order valence-electron chi connectivity index (χ1n) is 7.64. The Hall–Kier alpha value is -1.87. The zero-order valence-corrected chi connectivity index (χ0v) is 14.6. The number of hydrogen-bond donors (Lipinski definition) is 1. The molecule has 134 valence electrons. The lowest BCUT2D eigenvalue weighted by molar-refractivity contribution is -0.143. The number of aryl methyl sites for hydroxylation is 1. The predicted molar refractivity (Wildman–Crippen MR) is 83.1 cm³/mol. The van der Waals surface area contributed by atoms with Gasteiger partial charge < -0.3 is 14.3 Å². The summed E-state index contributed by atoms with van der Waals surface area (Å²) in [6.07, 6.45) is 0.706. The van der Waals surface area contributed by atoms with Gasteiger partial charge in [-0.3, -0.25) is 4.79 Å². The van der Waals surface area contributed by atoms with E-state index in [1.165, 1.54) is 7.11 Å². The van der Waals surface area contributed by atoms with Crippen molar-refractivity contribution in [1.29, 1.82) is 0 Å². The number of rotatable bonds is 5. The molecule has 1 saturated heterocycles. The maximum atomic E-state index is 12.9. The maximum Gasteiger partial charge on any atom is 0.373 e. The molecule has 0 aliphatic carbocycles. The van der Waals surface area contributed by atoms with Gasteiger partial charge in [0.05, 0.1) is 13.0 Å². The van der Waals surface area contributed by atoms with Crippen molar-refractivity contribution in [2.45, 2.75) is 31.6 Å². The molecule has 0 bridgehead atoms. The molecule has 1 N–H and O–H groups in total. The number of nitrogens with zero attached hydrogens (tertiary/aromatic N) is 1. The monoisotopic (exact) mass is 359 g/mol. The molecule has 1 fully saturated rings. The van der Waals surface area contributed by atoms with Crippen molar-refractivity contribution in [1.82, 2.24) is 4.31 Å². The molecule has 1 aliphatic heterocycles. The highest BCUT2D eigenvalue weighted by Crippen LogP contribution is 2.30. The van der Waals surface area contributed by atoms with Gasteiger partial charge in [0.2, 0.25) is 15.8 Å². The summed E-state index contributed by atoms with van der Waals surface area (Å²) in [6, 6.07) is 1.15. The highest BCUT2D eigenvalue weighted by atomic mass is 32.2. The van der Waals surface area contributed by atoms with E-state index < -0.39 is 27.9 Å². The lowest BCUT2D eigenvalue weighted by Crippen LogP contribution is -2.45. The Kier molecular flexibility index (Phi) is 5.34. The molecule has 24 heavy (non-hydrogen) atoms. The number of carbonyl (C=O) groups excluding carboxylic acids is 1. The molecule has 9 heteroatoms. The molecular weight excluding hydrogens is 338 g/mol. The van der Waals surface area contributed by atoms with Gasteiger partial charge in [0.1, 0.15) is 10.7 Å². The standard InChI is InChI=1S/C15H21NO7S/c1-4-11-13(6-12(23-11)15(19)22-3)24(20,21)16-7-9(2)5-10(8-16)14(17)18/h6,9-10H,4-5,7-8H2,1-3H3,(H,17,18). The van der Waals surface area contributed by atoms with E-state index in [9.17, 15) is 23.1 Å². The lowest BCUT2D eigenvalue weighted by Gasteiger charge is -2.33. The molecule has 2 heterocycles. The second-order valence-electron chi connectivity index (χ2n) is 5.94. The van der Waals surface area contributed by atoms with Crippen molar-refractivity contribution >= 4 is 22.0 Å². The van der Waals surface area contributed by atoms with Gasteiger partial charge in [-0.1, -0.05) is 13.8 Å². The van der Waals surface area contributed by atoms with Crippen molar-refractivity contribution in [3.8, 4) is 0 Å². The zero-order valence-electron chi connectivity index (χ0n) is 13.8. The first-order valence-corrected chi connectivity index (χ1v) is 9.08. The zero-order chi connectivity index (χ0) is 18.1. The van der Waals surface area contributed by atoms with Crippen LogP contribution in [0.2, 0.25) is 0 Å². The van der Waals surface area contributed by atoms with Gasteiger partial charge in [0.15, 0.2) is 0 Å². The van der Waals surface area contributed by atoms with Crippen LogP contribution >= 0.6 is 0 Å². The molecule has 0 amide bonds. The number of ether oxygens (including phenoxy) is 1. The number of aliphatic carboxylic acids is 1. The average molecular weight is 359 g/mol. The number of esters is 1. The fourth-order valence-electron chi connectivity index (χ4n) is 2.89. The molecule has 0 saturated carbocycles. The summed E-state index contributed by atoms with van der Waals surface area (Å²) in [7, 11) is -2.78. The normalized spacial score (nSPS) is 22.3. The molecular formula is C15H21NO7S. The van der Waals surface area contributed by atoms with Crippen LogP contribution in [-0.2, 0) is 26.0 Å². The Balaban J connectivity index is 2.41. The van der Waals surface area contributed by atoms with Crippen LogP contribution in [0.15, 0.2) is 15.4 Å². The van der Waals surface area contributed by atoms with Gasteiger partial charge in [-0.15, -0.1) is 0 Å². The first kappa shape index (κ1) is 18.5. The van der Waals surface area contributed by atoms with Crippen LogP contribution in [0.25, 0.3) is 0 Å². The van der Waals surface area contributed by atoms with Crippen LogP contribution in [0.3, 0.4) is 0 Å². The third-order valence-corrected chi connectivity index (χ3v) is 5.95. The van der Waals surface area contributed by atoms with Crippen molar-refractivity contribution in [3.05, 3.63) is 17.6 Å². The number of carbonyl (C=O) groups is 2. The molecule has 2 unspecified atom stereocenters. The minimum absolute atomic E-state index is 0.0771. The summed E-state index contributed by atoms with van der Waals surface area (Å²) in [5.74, 6) is -2.64. The van der Waals surface area contributed by atoms with Crippen molar-refractivity contribution in [2.24, 2.45) is 11.8 Å². The van der Waals surface area contributed by atoms with Gasteiger partial charge in [-0.25, -0.2) is 13.2 Å². The van der Waals surface area contributed by atoms with Crippen LogP contribution in [0.1, 0.15) is 36.6 Å². The van der Waals surface area contributed by atoms with E-state index in [0.29, 0.717) is 6.42 Å².